The monoisotopic (exact) mass is 249 g/mol. The predicted octanol–water partition coefficient (Wildman–Crippen LogP) is 0.0903. The number of nitrogens with one attached hydrogen (secondary N) is 2. The van der Waals surface area contributed by atoms with Gasteiger partial charge in [0.1, 0.15) is 5.01 Å². The Kier molecular flexibility index (Phi) is 4.65. The van der Waals surface area contributed by atoms with E-state index in [2.05, 4.69) is 15.0 Å². The Morgan fingerprint density at radius 3 is 2.73 bits per heavy atom. The number of sulfonamides is 1. The molecule has 15 heavy (non-hydrogen) atoms. The van der Waals surface area contributed by atoms with E-state index in [9.17, 15) is 8.42 Å². The fourth-order valence-electron chi connectivity index (χ4n) is 1.00. The van der Waals surface area contributed by atoms with Crippen LogP contribution < -0.4 is 10.0 Å². The SMILES string of the molecule is Cc1csc(CNCCNS(C)(=O)=O)n1. The van der Waals surface area contributed by atoms with Crippen LogP contribution in [0.3, 0.4) is 0 Å². The van der Waals surface area contributed by atoms with E-state index >= 15 is 0 Å². The van der Waals surface area contributed by atoms with Crippen LogP contribution in [0.2, 0.25) is 0 Å². The van der Waals surface area contributed by atoms with Crippen molar-refractivity contribution in [2.45, 2.75) is 13.5 Å². The van der Waals surface area contributed by atoms with Crippen LogP contribution in [-0.2, 0) is 16.6 Å². The standard InChI is InChI=1S/C8H15N3O2S2/c1-7-6-14-8(11-7)5-9-3-4-10-15(2,12)13/h6,9-10H,3-5H2,1-2H3. The van der Waals surface area contributed by atoms with Gasteiger partial charge in [-0.3, -0.25) is 0 Å². The fourth-order valence-corrected chi connectivity index (χ4v) is 2.22. The van der Waals surface area contributed by atoms with Crippen molar-refractivity contribution in [3.8, 4) is 0 Å². The van der Waals surface area contributed by atoms with E-state index in [1.807, 2.05) is 12.3 Å². The number of hydrogen-bond acceptors (Lipinski definition) is 5. The minimum Gasteiger partial charge on any atom is -0.309 e. The van der Waals surface area contributed by atoms with E-state index in [1.165, 1.54) is 0 Å². The average Bonchev–Trinajstić information content (AvgIpc) is 2.49. The van der Waals surface area contributed by atoms with Gasteiger partial charge in [-0.1, -0.05) is 0 Å². The summed E-state index contributed by atoms with van der Waals surface area (Å²) < 4.78 is 23.8. The molecule has 0 spiro atoms. The Hall–Kier alpha value is -0.500. The fraction of sp³-hybridized carbons (Fsp3) is 0.625. The van der Waals surface area contributed by atoms with Gasteiger partial charge >= 0.3 is 0 Å². The highest BCUT2D eigenvalue weighted by Crippen LogP contribution is 2.07. The summed E-state index contributed by atoms with van der Waals surface area (Å²) in [6, 6.07) is 0. The van der Waals surface area contributed by atoms with Gasteiger partial charge in [-0.05, 0) is 6.92 Å². The summed E-state index contributed by atoms with van der Waals surface area (Å²) in [5.41, 5.74) is 1.02. The van der Waals surface area contributed by atoms with E-state index < -0.39 is 10.0 Å². The predicted molar refractivity (Wildman–Crippen MR) is 61.4 cm³/mol. The number of aryl methyl sites for hydroxylation is 1. The van der Waals surface area contributed by atoms with Gasteiger partial charge < -0.3 is 5.32 Å². The summed E-state index contributed by atoms with van der Waals surface area (Å²) in [5.74, 6) is 0. The summed E-state index contributed by atoms with van der Waals surface area (Å²) in [6.45, 7) is 3.64. The van der Waals surface area contributed by atoms with Crippen molar-refractivity contribution in [2.75, 3.05) is 19.3 Å². The second kappa shape index (κ2) is 5.55. The van der Waals surface area contributed by atoms with Crippen molar-refractivity contribution in [2.24, 2.45) is 0 Å². The molecular weight excluding hydrogens is 234 g/mol. The van der Waals surface area contributed by atoms with Gasteiger partial charge in [0.05, 0.1) is 6.26 Å². The molecule has 0 radical (unpaired) electrons. The van der Waals surface area contributed by atoms with Crippen molar-refractivity contribution in [1.29, 1.82) is 0 Å². The lowest BCUT2D eigenvalue weighted by Gasteiger charge is -2.02. The van der Waals surface area contributed by atoms with Gasteiger partial charge in [0.2, 0.25) is 10.0 Å². The Bertz CT molecular complexity index is 400. The smallest absolute Gasteiger partial charge is 0.208 e. The molecule has 1 aromatic heterocycles. The molecule has 86 valence electrons. The molecule has 0 amide bonds. The lowest BCUT2D eigenvalue weighted by atomic mass is 10.5. The molecule has 1 heterocycles. The van der Waals surface area contributed by atoms with Gasteiger partial charge in [0, 0.05) is 30.7 Å². The first-order valence-electron chi connectivity index (χ1n) is 4.54. The van der Waals surface area contributed by atoms with Crippen molar-refractivity contribution in [3.05, 3.63) is 16.1 Å². The minimum absolute atomic E-state index is 0.406. The van der Waals surface area contributed by atoms with Crippen molar-refractivity contribution in [3.63, 3.8) is 0 Å². The van der Waals surface area contributed by atoms with Crippen LogP contribution in [0.25, 0.3) is 0 Å². The number of aromatic nitrogens is 1. The zero-order chi connectivity index (χ0) is 11.3. The summed E-state index contributed by atoms with van der Waals surface area (Å²) in [4.78, 5) is 4.27. The number of thiazole rings is 1. The molecular formula is C8H15N3O2S2. The summed E-state index contributed by atoms with van der Waals surface area (Å²) in [6.07, 6.45) is 1.15. The van der Waals surface area contributed by atoms with Crippen LogP contribution >= 0.6 is 11.3 Å². The van der Waals surface area contributed by atoms with Crippen LogP contribution in [0.5, 0.6) is 0 Å². The molecule has 0 atom stereocenters. The molecule has 0 bridgehead atoms. The number of hydrogen-bond donors (Lipinski definition) is 2. The lowest BCUT2D eigenvalue weighted by molar-refractivity contribution is 0.581. The molecule has 0 aliphatic rings. The highest BCUT2D eigenvalue weighted by Gasteiger charge is 2.00. The molecule has 0 aromatic carbocycles. The van der Waals surface area contributed by atoms with E-state index in [1.54, 1.807) is 11.3 Å². The van der Waals surface area contributed by atoms with E-state index in [0.29, 0.717) is 19.6 Å². The van der Waals surface area contributed by atoms with Crippen LogP contribution in [0, 0.1) is 6.92 Å². The van der Waals surface area contributed by atoms with E-state index in [0.717, 1.165) is 17.0 Å². The first kappa shape index (κ1) is 12.6. The molecule has 0 aliphatic carbocycles. The maximum Gasteiger partial charge on any atom is 0.208 e. The summed E-state index contributed by atoms with van der Waals surface area (Å²) in [5, 5.41) is 6.12. The van der Waals surface area contributed by atoms with Crippen molar-refractivity contribution >= 4 is 21.4 Å². The molecule has 0 fully saturated rings. The maximum absolute atomic E-state index is 10.7. The van der Waals surface area contributed by atoms with Crippen LogP contribution in [-0.4, -0.2) is 32.7 Å². The van der Waals surface area contributed by atoms with Crippen LogP contribution in [0.1, 0.15) is 10.7 Å². The van der Waals surface area contributed by atoms with Crippen LogP contribution in [0.15, 0.2) is 5.38 Å². The molecule has 2 N–H and O–H groups in total. The third-order valence-corrected chi connectivity index (χ3v) is 3.30. The zero-order valence-electron chi connectivity index (χ0n) is 8.78. The third kappa shape index (κ3) is 5.83. The largest absolute Gasteiger partial charge is 0.309 e. The van der Waals surface area contributed by atoms with Gasteiger partial charge in [0.15, 0.2) is 0 Å². The first-order valence-corrected chi connectivity index (χ1v) is 7.31. The molecule has 1 aromatic rings. The van der Waals surface area contributed by atoms with Crippen molar-refractivity contribution in [1.82, 2.24) is 15.0 Å². The molecule has 0 aliphatic heterocycles. The topological polar surface area (TPSA) is 71.1 Å². The van der Waals surface area contributed by atoms with Gasteiger partial charge in [-0.25, -0.2) is 18.1 Å². The van der Waals surface area contributed by atoms with E-state index in [4.69, 9.17) is 0 Å². The second-order valence-electron chi connectivity index (χ2n) is 3.23. The first-order chi connectivity index (χ1) is 6.97. The minimum atomic E-state index is -3.07. The zero-order valence-corrected chi connectivity index (χ0v) is 10.4. The highest BCUT2D eigenvalue weighted by atomic mass is 32.2. The number of nitrogens with zero attached hydrogens (tertiary/aromatic N) is 1. The molecule has 0 saturated heterocycles. The van der Waals surface area contributed by atoms with Gasteiger partial charge in [-0.15, -0.1) is 11.3 Å². The Labute approximate surface area is 94.0 Å². The maximum atomic E-state index is 10.7. The molecule has 1 rings (SSSR count). The average molecular weight is 249 g/mol. The highest BCUT2D eigenvalue weighted by molar-refractivity contribution is 7.88. The lowest BCUT2D eigenvalue weighted by Crippen LogP contribution is -2.30. The van der Waals surface area contributed by atoms with Gasteiger partial charge in [0.25, 0.3) is 0 Å². The normalized spacial score (nSPS) is 11.9. The summed E-state index contributed by atoms with van der Waals surface area (Å²) in [7, 11) is -3.07. The third-order valence-electron chi connectivity index (χ3n) is 1.61. The molecule has 5 nitrogen and oxygen atoms in total. The quantitative estimate of drug-likeness (QED) is 0.701. The van der Waals surface area contributed by atoms with Gasteiger partial charge in [-0.2, -0.15) is 0 Å². The Balaban J connectivity index is 2.12. The molecule has 0 unspecified atom stereocenters. The van der Waals surface area contributed by atoms with Crippen LogP contribution in [0.4, 0.5) is 0 Å². The summed E-state index contributed by atoms with van der Waals surface area (Å²) >= 11 is 1.60. The number of rotatable bonds is 6. The molecule has 7 heteroatoms. The van der Waals surface area contributed by atoms with E-state index in [-0.39, 0.29) is 0 Å². The Morgan fingerprint density at radius 1 is 1.47 bits per heavy atom. The second-order valence-corrected chi connectivity index (χ2v) is 6.00. The molecule has 0 saturated carbocycles. The Morgan fingerprint density at radius 2 is 2.20 bits per heavy atom. The van der Waals surface area contributed by atoms with Crippen molar-refractivity contribution < 1.29 is 8.42 Å².